The predicted molar refractivity (Wildman–Crippen MR) is 161 cm³/mol. The Bertz CT molecular complexity index is 475. The Morgan fingerprint density at radius 1 is 0.368 bits per heavy atom. The second kappa shape index (κ2) is 22.4. The zero-order valence-electron chi connectivity index (χ0n) is 26.2. The Labute approximate surface area is 235 Å². The molecule has 7 atom stereocenters. The highest BCUT2D eigenvalue weighted by molar-refractivity contribution is 4.83. The second-order valence-corrected chi connectivity index (χ2v) is 13.6. The van der Waals surface area contributed by atoms with E-state index in [1.165, 1.54) is 57.8 Å². The van der Waals surface area contributed by atoms with Crippen LogP contribution in [0.15, 0.2) is 0 Å². The summed E-state index contributed by atoms with van der Waals surface area (Å²) in [5, 5.41) is 0. The first kappa shape index (κ1) is 42.1. The minimum Gasteiger partial charge on any atom is -0.412 e. The van der Waals surface area contributed by atoms with E-state index in [9.17, 15) is 13.2 Å². The summed E-state index contributed by atoms with van der Waals surface area (Å²) in [4.78, 5) is 0. The molecule has 0 saturated heterocycles. The first-order valence-corrected chi connectivity index (χ1v) is 15.3. The summed E-state index contributed by atoms with van der Waals surface area (Å²) < 4.78 is 38.5. The highest BCUT2D eigenvalue weighted by Gasteiger charge is 2.35. The van der Waals surface area contributed by atoms with E-state index >= 15 is 0 Å². The molecule has 0 aliphatic heterocycles. The molecule has 0 aromatic carbocycles. The third-order valence-corrected chi connectivity index (χ3v) is 9.44. The van der Waals surface area contributed by atoms with Gasteiger partial charge in [0.15, 0.2) is 0 Å². The van der Waals surface area contributed by atoms with Gasteiger partial charge in [0.2, 0.25) is 0 Å². The molecule has 0 spiro atoms. The Balaban J connectivity index is -0.000000203. The van der Waals surface area contributed by atoms with Crippen molar-refractivity contribution in [1.82, 2.24) is 0 Å². The average molecular weight is 559 g/mol. The van der Waals surface area contributed by atoms with Gasteiger partial charge in [-0.1, -0.05) is 113 Å². The summed E-state index contributed by atoms with van der Waals surface area (Å²) in [6, 6.07) is 0. The minimum atomic E-state index is -1.22. The van der Waals surface area contributed by atoms with Crippen molar-refractivity contribution in [3.05, 3.63) is 0 Å². The normalized spacial score (nSPS) is 40.3. The van der Waals surface area contributed by atoms with Crippen LogP contribution in [0.3, 0.4) is 0 Å². The zero-order valence-corrected chi connectivity index (χ0v) is 26.2. The molecule has 4 fully saturated rings. The fourth-order valence-electron chi connectivity index (χ4n) is 5.79. The largest absolute Gasteiger partial charge is 0.412 e. The van der Waals surface area contributed by atoms with Gasteiger partial charge in [0.25, 0.3) is 0 Å². The topological polar surface area (TPSA) is 94.5 Å². The molecule has 4 rings (SSSR count). The predicted octanol–water partition coefficient (Wildman–Crippen LogP) is 8.95. The van der Waals surface area contributed by atoms with Gasteiger partial charge in [-0.05, 0) is 73.0 Å². The van der Waals surface area contributed by atoms with Crippen LogP contribution in [0.5, 0.6) is 0 Å². The van der Waals surface area contributed by atoms with Crippen molar-refractivity contribution in [2.75, 3.05) is 0 Å². The van der Waals surface area contributed by atoms with Crippen LogP contribution in [0.2, 0.25) is 0 Å². The molecule has 38 heavy (non-hydrogen) atoms. The van der Waals surface area contributed by atoms with Crippen LogP contribution in [0, 0.1) is 47.3 Å². The molecule has 3 nitrogen and oxygen atoms in total. The van der Waals surface area contributed by atoms with Gasteiger partial charge in [-0.25, -0.2) is 13.2 Å². The second-order valence-electron chi connectivity index (χ2n) is 13.6. The number of rotatable bonds is 0. The Hall–Kier alpha value is -0.330. The Morgan fingerprint density at radius 2 is 0.605 bits per heavy atom. The van der Waals surface area contributed by atoms with Crippen molar-refractivity contribution in [2.24, 2.45) is 47.3 Å². The lowest BCUT2D eigenvalue weighted by molar-refractivity contribution is 0.0367. The van der Waals surface area contributed by atoms with E-state index in [2.05, 4.69) is 34.6 Å². The van der Waals surface area contributed by atoms with E-state index in [0.29, 0.717) is 11.8 Å². The summed E-state index contributed by atoms with van der Waals surface area (Å²) >= 11 is 0. The number of hydrogen-bond acceptors (Lipinski definition) is 0. The molecule has 0 radical (unpaired) electrons. The lowest BCUT2D eigenvalue weighted by Gasteiger charge is -2.30. The molecule has 0 heterocycles. The van der Waals surface area contributed by atoms with E-state index in [-0.39, 0.29) is 29.7 Å². The average Bonchev–Trinajstić information content (AvgIpc) is 2.83. The molecule has 0 bridgehead atoms. The number of hydrogen-bond donors (Lipinski definition) is 0. The fourth-order valence-corrected chi connectivity index (χ4v) is 5.79. The third-order valence-electron chi connectivity index (χ3n) is 9.44. The Morgan fingerprint density at radius 3 is 0.842 bits per heavy atom. The number of halogens is 3. The SMILES string of the molecule is CC1CCC(C)C(F)C1.CC1CCC(C)C(F)C1F.CC1CCC(C)CC1.CC1CCC(C)CC1.O.O.O.[HH]. The monoisotopic (exact) mass is 559 g/mol. The quantitative estimate of drug-likeness (QED) is 0.284. The van der Waals surface area contributed by atoms with Crippen LogP contribution in [-0.4, -0.2) is 34.9 Å². The lowest BCUT2D eigenvalue weighted by atomic mass is 9.81. The maximum absolute atomic E-state index is 12.8. The van der Waals surface area contributed by atoms with Crippen molar-refractivity contribution in [2.45, 2.75) is 157 Å². The van der Waals surface area contributed by atoms with E-state index in [0.717, 1.165) is 49.4 Å². The molecule has 4 aliphatic carbocycles. The van der Waals surface area contributed by atoms with Crippen LogP contribution in [0.1, 0.15) is 140 Å². The van der Waals surface area contributed by atoms with Gasteiger partial charge in [-0.2, -0.15) is 0 Å². The molecule has 236 valence electrons. The summed E-state index contributed by atoms with van der Waals surface area (Å²) in [6.07, 6.45) is 13.6. The molecule has 4 saturated carbocycles. The zero-order chi connectivity index (χ0) is 26.5. The molecule has 0 aromatic rings. The van der Waals surface area contributed by atoms with Gasteiger partial charge in [0, 0.05) is 1.43 Å². The highest BCUT2D eigenvalue weighted by Crippen LogP contribution is 2.33. The van der Waals surface area contributed by atoms with Crippen molar-refractivity contribution in [3.63, 3.8) is 0 Å². The summed E-state index contributed by atoms with van der Waals surface area (Å²) in [6.45, 7) is 17.2. The van der Waals surface area contributed by atoms with Gasteiger partial charge in [0.05, 0.1) is 0 Å². The summed E-state index contributed by atoms with van der Waals surface area (Å²) in [7, 11) is 0. The van der Waals surface area contributed by atoms with Crippen LogP contribution in [0.25, 0.3) is 0 Å². The van der Waals surface area contributed by atoms with Gasteiger partial charge in [-0.3, -0.25) is 0 Å². The minimum absolute atomic E-state index is 0. The van der Waals surface area contributed by atoms with Gasteiger partial charge >= 0.3 is 0 Å². The molecule has 6 N–H and O–H groups in total. The highest BCUT2D eigenvalue weighted by atomic mass is 19.2. The first-order chi connectivity index (χ1) is 16.4. The van der Waals surface area contributed by atoms with Crippen LogP contribution < -0.4 is 0 Å². The van der Waals surface area contributed by atoms with Crippen LogP contribution in [-0.2, 0) is 0 Å². The van der Waals surface area contributed by atoms with E-state index in [1.807, 2.05) is 6.92 Å². The molecule has 0 aromatic heterocycles. The van der Waals surface area contributed by atoms with Crippen molar-refractivity contribution in [1.29, 1.82) is 0 Å². The lowest BCUT2D eigenvalue weighted by Crippen LogP contribution is -2.35. The number of alkyl halides is 3. The fraction of sp³-hybridized carbons (Fsp3) is 1.00. The van der Waals surface area contributed by atoms with Crippen LogP contribution in [0.4, 0.5) is 13.2 Å². The molecule has 6 heteroatoms. The van der Waals surface area contributed by atoms with E-state index in [1.54, 1.807) is 13.8 Å². The van der Waals surface area contributed by atoms with Crippen molar-refractivity contribution >= 4 is 0 Å². The molecule has 7 unspecified atom stereocenters. The van der Waals surface area contributed by atoms with E-state index in [4.69, 9.17) is 0 Å². The van der Waals surface area contributed by atoms with Gasteiger partial charge < -0.3 is 16.4 Å². The third kappa shape index (κ3) is 17.4. The Kier molecular flexibility index (Phi) is 24.8. The van der Waals surface area contributed by atoms with Crippen molar-refractivity contribution in [3.8, 4) is 0 Å². The van der Waals surface area contributed by atoms with Crippen LogP contribution >= 0.6 is 0 Å². The van der Waals surface area contributed by atoms with Gasteiger partial charge in [-0.15, -0.1) is 0 Å². The smallest absolute Gasteiger partial charge is 0.134 e. The van der Waals surface area contributed by atoms with E-state index < -0.39 is 18.5 Å². The maximum atomic E-state index is 12.8. The molecule has 0 amide bonds. The summed E-state index contributed by atoms with van der Waals surface area (Å²) in [5.74, 6) is 4.87. The first-order valence-electron chi connectivity index (χ1n) is 15.3. The maximum Gasteiger partial charge on any atom is 0.134 e. The van der Waals surface area contributed by atoms with Crippen molar-refractivity contribution < 1.29 is 31.0 Å². The standard InChI is InChI=1S/C8H14F2.C8H15F.2C8H16.3H2O.H2/c1-5-3-4-6(2)8(10)7(5)9;1-6-3-4-7(2)8(9)5-6;2*1-7-3-5-8(2)6-4-7;;;;/h5-8H,3-4H2,1-2H3;6-8H,3-5H2,1-2H3;2*7-8H,3-6H2,1-2H3;3*1H2;1H. The molecule has 4 aliphatic rings. The van der Waals surface area contributed by atoms with Gasteiger partial charge in [0.1, 0.15) is 18.5 Å². The molecular formula is C32H69F3O3. The summed E-state index contributed by atoms with van der Waals surface area (Å²) in [5.41, 5.74) is 0. The molecular weight excluding hydrogens is 489 g/mol.